The van der Waals surface area contributed by atoms with Crippen LogP contribution in [0.5, 0.6) is 0 Å². The molecule has 3 heterocycles. The molecule has 2 aromatic rings. The second kappa shape index (κ2) is 7.63. The third kappa shape index (κ3) is 3.68. The largest absolute Gasteiger partial charge is 0.467 e. The van der Waals surface area contributed by atoms with E-state index in [2.05, 4.69) is 5.32 Å². The lowest BCUT2D eigenvalue weighted by atomic mass is 10.0. The molecule has 6 nitrogen and oxygen atoms in total. The van der Waals surface area contributed by atoms with Crippen molar-refractivity contribution in [1.29, 1.82) is 0 Å². The average Bonchev–Trinajstić information content (AvgIpc) is 3.32. The number of furan rings is 1. The number of amides is 2. The highest BCUT2D eigenvalue weighted by Gasteiger charge is 2.33. The maximum Gasteiger partial charge on any atom is 0.264 e. The highest BCUT2D eigenvalue weighted by Crippen LogP contribution is 2.22. The van der Waals surface area contributed by atoms with Gasteiger partial charge in [-0.05, 0) is 42.8 Å². The molecule has 0 radical (unpaired) electrons. The number of aliphatic hydroxyl groups excluding tert-OH is 1. The third-order valence-corrected chi connectivity index (χ3v) is 5.00. The molecule has 0 spiro atoms. The number of hydrogen-bond acceptors (Lipinski definition) is 5. The Morgan fingerprint density at radius 2 is 2.25 bits per heavy atom. The Morgan fingerprint density at radius 3 is 2.96 bits per heavy atom. The maximum atomic E-state index is 12.6. The topological polar surface area (TPSA) is 82.8 Å². The first-order chi connectivity index (χ1) is 11.7. The van der Waals surface area contributed by atoms with Crippen molar-refractivity contribution in [3.8, 4) is 0 Å². The van der Waals surface area contributed by atoms with Gasteiger partial charge in [-0.15, -0.1) is 11.3 Å². The van der Waals surface area contributed by atoms with E-state index in [9.17, 15) is 14.7 Å². The predicted molar refractivity (Wildman–Crippen MR) is 89.7 cm³/mol. The van der Waals surface area contributed by atoms with E-state index in [4.69, 9.17) is 4.42 Å². The summed E-state index contributed by atoms with van der Waals surface area (Å²) in [6.45, 7) is 0.638. The number of likely N-dealkylation sites (tertiary alicyclic amines) is 1. The van der Waals surface area contributed by atoms with E-state index >= 15 is 0 Å². The van der Waals surface area contributed by atoms with Gasteiger partial charge >= 0.3 is 0 Å². The molecule has 2 atom stereocenters. The minimum absolute atomic E-state index is 0.0594. The lowest BCUT2D eigenvalue weighted by Crippen LogP contribution is -2.52. The van der Waals surface area contributed by atoms with Crippen molar-refractivity contribution < 1.29 is 19.1 Å². The Balaban J connectivity index is 1.62. The van der Waals surface area contributed by atoms with E-state index in [1.54, 1.807) is 23.1 Å². The number of nitrogens with zero attached hydrogens (tertiary/aromatic N) is 1. The highest BCUT2D eigenvalue weighted by atomic mass is 32.1. The number of hydrogen-bond donors (Lipinski definition) is 2. The van der Waals surface area contributed by atoms with Crippen LogP contribution in [0.1, 0.15) is 40.8 Å². The van der Waals surface area contributed by atoms with Crippen molar-refractivity contribution in [2.24, 2.45) is 0 Å². The molecule has 2 aromatic heterocycles. The number of rotatable bonds is 5. The monoisotopic (exact) mass is 348 g/mol. The fourth-order valence-electron chi connectivity index (χ4n) is 2.89. The molecule has 2 N–H and O–H groups in total. The number of aliphatic hydroxyl groups is 1. The second-order valence-electron chi connectivity index (χ2n) is 5.76. The van der Waals surface area contributed by atoms with Crippen molar-refractivity contribution in [2.75, 3.05) is 13.1 Å². The molecule has 7 heteroatoms. The van der Waals surface area contributed by atoms with Gasteiger partial charge in [0.1, 0.15) is 17.9 Å². The summed E-state index contributed by atoms with van der Waals surface area (Å²) in [4.78, 5) is 27.4. The number of thiophene rings is 1. The zero-order valence-electron chi connectivity index (χ0n) is 13.2. The zero-order valence-corrected chi connectivity index (χ0v) is 14.0. The Morgan fingerprint density at radius 1 is 1.38 bits per heavy atom. The number of piperidine rings is 1. The highest BCUT2D eigenvalue weighted by molar-refractivity contribution is 7.12. The Kier molecular flexibility index (Phi) is 5.32. The van der Waals surface area contributed by atoms with Crippen molar-refractivity contribution >= 4 is 23.2 Å². The first-order valence-corrected chi connectivity index (χ1v) is 8.88. The van der Waals surface area contributed by atoms with Gasteiger partial charge in [-0.3, -0.25) is 9.59 Å². The Hall–Kier alpha value is -2.12. The molecule has 1 aliphatic heterocycles. The Bertz CT molecular complexity index is 669. The molecule has 1 fully saturated rings. The summed E-state index contributed by atoms with van der Waals surface area (Å²) in [5.74, 6) is 0.0760. The molecule has 3 rings (SSSR count). The molecule has 0 saturated carbocycles. The molecule has 1 saturated heterocycles. The molecule has 128 valence electrons. The molecule has 0 aromatic carbocycles. The molecular weight excluding hydrogens is 328 g/mol. The van der Waals surface area contributed by atoms with E-state index in [0.29, 0.717) is 23.6 Å². The third-order valence-electron chi connectivity index (χ3n) is 4.14. The van der Waals surface area contributed by atoms with Gasteiger partial charge in [0.15, 0.2) is 0 Å². The van der Waals surface area contributed by atoms with Crippen LogP contribution in [-0.2, 0) is 4.79 Å². The van der Waals surface area contributed by atoms with Gasteiger partial charge in [0, 0.05) is 6.54 Å². The summed E-state index contributed by atoms with van der Waals surface area (Å²) in [5.41, 5.74) is 0. The van der Waals surface area contributed by atoms with Crippen LogP contribution in [0, 0.1) is 0 Å². The standard InChI is InChI=1S/C17H20N2O4S/c20-13(14-6-3-9-23-14)11-18-16(21)12-5-1-2-8-19(12)17(22)15-7-4-10-24-15/h3-4,6-7,9-10,12-13,20H,1-2,5,8,11H2,(H,18,21). The van der Waals surface area contributed by atoms with Gasteiger partial charge in [-0.25, -0.2) is 0 Å². The average molecular weight is 348 g/mol. The van der Waals surface area contributed by atoms with Gasteiger partial charge in [-0.1, -0.05) is 6.07 Å². The Labute approximate surface area is 144 Å². The molecule has 24 heavy (non-hydrogen) atoms. The van der Waals surface area contributed by atoms with Crippen LogP contribution in [0.3, 0.4) is 0 Å². The van der Waals surface area contributed by atoms with Gasteiger partial charge in [-0.2, -0.15) is 0 Å². The molecule has 0 aliphatic carbocycles. The lowest BCUT2D eigenvalue weighted by Gasteiger charge is -2.34. The summed E-state index contributed by atoms with van der Waals surface area (Å²) in [5, 5.41) is 14.6. The normalized spacial score (nSPS) is 19.0. The molecule has 2 unspecified atom stereocenters. The fraction of sp³-hybridized carbons (Fsp3) is 0.412. The fourth-order valence-corrected chi connectivity index (χ4v) is 3.56. The SMILES string of the molecule is O=C(NCC(O)c1ccco1)C1CCCCN1C(=O)c1cccs1. The number of carbonyl (C=O) groups is 2. The predicted octanol–water partition coefficient (Wildman–Crippen LogP) is 2.19. The van der Waals surface area contributed by atoms with Crippen LogP contribution >= 0.6 is 11.3 Å². The smallest absolute Gasteiger partial charge is 0.264 e. The maximum absolute atomic E-state index is 12.6. The van der Waals surface area contributed by atoms with Crippen LogP contribution in [0.25, 0.3) is 0 Å². The number of nitrogens with one attached hydrogen (secondary N) is 1. The van der Waals surface area contributed by atoms with E-state index in [1.807, 2.05) is 11.4 Å². The first kappa shape index (κ1) is 16.7. The summed E-state index contributed by atoms with van der Waals surface area (Å²) in [7, 11) is 0. The van der Waals surface area contributed by atoms with E-state index in [-0.39, 0.29) is 18.4 Å². The lowest BCUT2D eigenvalue weighted by molar-refractivity contribution is -0.127. The van der Waals surface area contributed by atoms with E-state index in [1.165, 1.54) is 17.6 Å². The molecule has 0 bridgehead atoms. The zero-order chi connectivity index (χ0) is 16.9. The summed E-state index contributed by atoms with van der Waals surface area (Å²) >= 11 is 1.38. The van der Waals surface area contributed by atoms with E-state index in [0.717, 1.165) is 12.8 Å². The minimum Gasteiger partial charge on any atom is -0.467 e. The minimum atomic E-state index is -0.894. The van der Waals surface area contributed by atoms with Crippen molar-refractivity contribution in [3.05, 3.63) is 46.5 Å². The molecule has 2 amide bonds. The second-order valence-corrected chi connectivity index (χ2v) is 6.71. The summed E-state index contributed by atoms with van der Waals surface area (Å²) < 4.78 is 5.12. The van der Waals surface area contributed by atoms with Gasteiger partial charge in [0.05, 0.1) is 17.7 Å². The first-order valence-electron chi connectivity index (χ1n) is 8.00. The van der Waals surface area contributed by atoms with E-state index < -0.39 is 12.1 Å². The van der Waals surface area contributed by atoms with Gasteiger partial charge < -0.3 is 19.7 Å². The van der Waals surface area contributed by atoms with Crippen molar-refractivity contribution in [2.45, 2.75) is 31.4 Å². The van der Waals surface area contributed by atoms with Gasteiger partial charge in [0.2, 0.25) is 5.91 Å². The van der Waals surface area contributed by atoms with Crippen LogP contribution in [0.15, 0.2) is 40.3 Å². The number of carbonyl (C=O) groups excluding carboxylic acids is 2. The molecule has 1 aliphatic rings. The molecular formula is C17H20N2O4S. The van der Waals surface area contributed by atoms with Crippen LogP contribution in [0.2, 0.25) is 0 Å². The quantitative estimate of drug-likeness (QED) is 0.868. The van der Waals surface area contributed by atoms with Crippen LogP contribution in [-0.4, -0.2) is 41.0 Å². The summed E-state index contributed by atoms with van der Waals surface area (Å²) in [6.07, 6.45) is 3.03. The van der Waals surface area contributed by atoms with Crippen LogP contribution < -0.4 is 5.32 Å². The van der Waals surface area contributed by atoms with Gasteiger partial charge in [0.25, 0.3) is 5.91 Å². The van der Waals surface area contributed by atoms with Crippen LogP contribution in [0.4, 0.5) is 0 Å². The van der Waals surface area contributed by atoms with Crippen molar-refractivity contribution in [3.63, 3.8) is 0 Å². The van der Waals surface area contributed by atoms with Crippen molar-refractivity contribution in [1.82, 2.24) is 10.2 Å². The summed E-state index contributed by atoms with van der Waals surface area (Å²) in [6, 6.07) is 6.46.